The van der Waals surface area contributed by atoms with Gasteiger partial charge in [-0.25, -0.2) is 4.98 Å². The number of aromatic amines is 2. The Morgan fingerprint density at radius 2 is 2.00 bits per heavy atom. The number of imidazole rings is 1. The summed E-state index contributed by atoms with van der Waals surface area (Å²) in [5, 5.41) is 5.05. The summed E-state index contributed by atoms with van der Waals surface area (Å²) < 4.78 is 5.73. The zero-order valence-electron chi connectivity index (χ0n) is 20.6. The van der Waals surface area contributed by atoms with Crippen molar-refractivity contribution in [3.63, 3.8) is 0 Å². The molecule has 2 aromatic heterocycles. The molecule has 36 heavy (non-hydrogen) atoms. The molecule has 0 spiro atoms. The highest BCUT2D eigenvalue weighted by atomic mass is 35.5. The van der Waals surface area contributed by atoms with Crippen molar-refractivity contribution in [3.05, 3.63) is 59.3 Å². The van der Waals surface area contributed by atoms with Gasteiger partial charge in [0.15, 0.2) is 0 Å². The third kappa shape index (κ3) is 3.62. The second kappa shape index (κ2) is 7.62. The Hall–Kier alpha value is -3.25. The molecule has 6 nitrogen and oxygen atoms in total. The smallest absolute Gasteiger partial charge is 0.309 e. The molecule has 4 unspecified atom stereocenters. The van der Waals surface area contributed by atoms with Gasteiger partial charge in [-0.05, 0) is 98.8 Å². The molecular formula is C29H29ClN4O2. The van der Waals surface area contributed by atoms with E-state index < -0.39 is 5.60 Å². The van der Waals surface area contributed by atoms with Gasteiger partial charge in [-0.15, -0.1) is 0 Å². The Labute approximate surface area is 214 Å². The van der Waals surface area contributed by atoms with Gasteiger partial charge in [0, 0.05) is 22.8 Å². The second-order valence-corrected chi connectivity index (χ2v) is 12.0. The summed E-state index contributed by atoms with van der Waals surface area (Å²) in [6, 6.07) is 12.4. The number of benzene rings is 2. The number of anilines is 2. The molecular weight excluding hydrogens is 472 g/mol. The molecule has 184 valence electrons. The number of rotatable bonds is 4. The van der Waals surface area contributed by atoms with Crippen LogP contribution in [0.5, 0.6) is 0 Å². The first-order valence-electron chi connectivity index (χ1n) is 12.7. The van der Waals surface area contributed by atoms with Crippen molar-refractivity contribution in [2.75, 3.05) is 5.32 Å². The van der Waals surface area contributed by atoms with Crippen molar-refractivity contribution in [2.24, 2.45) is 29.6 Å². The van der Waals surface area contributed by atoms with Crippen LogP contribution in [0.4, 0.5) is 11.6 Å². The summed E-state index contributed by atoms with van der Waals surface area (Å²) in [7, 11) is 0. The number of H-pyrrole nitrogens is 2. The van der Waals surface area contributed by atoms with Gasteiger partial charge in [-0.1, -0.05) is 23.7 Å². The van der Waals surface area contributed by atoms with Crippen molar-refractivity contribution in [3.8, 4) is 0 Å². The molecule has 2 heterocycles. The van der Waals surface area contributed by atoms with Gasteiger partial charge in [0.05, 0.1) is 22.0 Å². The number of aromatic nitrogens is 3. The molecule has 7 rings (SSSR count). The number of fused-ring (bicyclic) bond motifs is 3. The Morgan fingerprint density at radius 1 is 1.14 bits per heavy atom. The molecule has 0 radical (unpaired) electrons. The van der Waals surface area contributed by atoms with E-state index in [9.17, 15) is 4.79 Å². The van der Waals surface area contributed by atoms with Crippen LogP contribution in [0.25, 0.3) is 27.5 Å². The van der Waals surface area contributed by atoms with Crippen molar-refractivity contribution >= 4 is 56.7 Å². The molecule has 3 aliphatic rings. The van der Waals surface area contributed by atoms with Gasteiger partial charge in [0.1, 0.15) is 5.60 Å². The van der Waals surface area contributed by atoms with Crippen LogP contribution in [0.1, 0.15) is 39.2 Å². The molecule has 0 aliphatic heterocycles. The zero-order chi connectivity index (χ0) is 24.8. The average Bonchev–Trinajstić information content (AvgIpc) is 3.14. The fraction of sp³-hybridized carbons (Fsp3) is 0.379. The highest BCUT2D eigenvalue weighted by Crippen LogP contribution is 2.68. The van der Waals surface area contributed by atoms with E-state index in [0.717, 1.165) is 40.5 Å². The number of carbonyl (C=O) groups excluding carboxylic acids is 1. The third-order valence-corrected chi connectivity index (χ3v) is 8.39. The van der Waals surface area contributed by atoms with Crippen LogP contribution in [0.15, 0.2) is 48.7 Å². The van der Waals surface area contributed by atoms with Crippen molar-refractivity contribution in [1.29, 1.82) is 0 Å². The van der Waals surface area contributed by atoms with E-state index in [1.807, 2.05) is 45.2 Å². The van der Waals surface area contributed by atoms with Crippen molar-refractivity contribution in [1.82, 2.24) is 15.0 Å². The third-order valence-electron chi connectivity index (χ3n) is 8.08. The summed E-state index contributed by atoms with van der Waals surface area (Å²) in [6.45, 7) is 5.85. The molecule has 0 bridgehead atoms. The average molecular weight is 501 g/mol. The lowest BCUT2D eigenvalue weighted by Crippen LogP contribution is -2.30. The lowest BCUT2D eigenvalue weighted by Gasteiger charge is -2.26. The minimum Gasteiger partial charge on any atom is -0.460 e. The number of hydrogen-bond donors (Lipinski definition) is 3. The highest BCUT2D eigenvalue weighted by molar-refractivity contribution is 6.35. The summed E-state index contributed by atoms with van der Waals surface area (Å²) in [4.78, 5) is 24.1. The van der Waals surface area contributed by atoms with E-state index in [4.69, 9.17) is 21.3 Å². The lowest BCUT2D eigenvalue weighted by atomic mass is 9.81. The summed E-state index contributed by atoms with van der Waals surface area (Å²) in [5.74, 6) is 2.93. The molecule has 7 heteroatoms. The number of esters is 1. The van der Waals surface area contributed by atoms with Crippen LogP contribution in [0, 0.1) is 29.6 Å². The molecule has 5 atom stereocenters. The van der Waals surface area contributed by atoms with Crippen molar-refractivity contribution < 1.29 is 9.53 Å². The SMILES string of the molecule is CC(C)(C)OC(=O)C1CC2CC(c3ccc4nc(Nc5cc(Cl)c6cc[nH]c6c5)[nH]c4c3)=CC3C2[C@@H]13. The number of nitrogens with one attached hydrogen (secondary N) is 3. The Kier molecular flexibility index (Phi) is 4.66. The molecule has 2 saturated carbocycles. The molecule has 4 aromatic rings. The minimum atomic E-state index is -0.422. The van der Waals surface area contributed by atoms with Gasteiger partial charge in [0.2, 0.25) is 5.95 Å². The number of ether oxygens (including phenoxy) is 1. The fourth-order valence-electron chi connectivity index (χ4n) is 6.66. The van der Waals surface area contributed by atoms with Gasteiger partial charge in [-0.2, -0.15) is 0 Å². The highest BCUT2D eigenvalue weighted by Gasteiger charge is 2.65. The summed E-state index contributed by atoms with van der Waals surface area (Å²) in [5.41, 5.74) is 5.97. The predicted molar refractivity (Wildman–Crippen MR) is 143 cm³/mol. The largest absolute Gasteiger partial charge is 0.460 e. The van der Waals surface area contributed by atoms with Gasteiger partial charge in [0.25, 0.3) is 0 Å². The Morgan fingerprint density at radius 3 is 2.81 bits per heavy atom. The second-order valence-electron chi connectivity index (χ2n) is 11.6. The van der Waals surface area contributed by atoms with Crippen LogP contribution in [-0.4, -0.2) is 26.5 Å². The number of allylic oxidation sites excluding steroid dienone is 2. The maximum Gasteiger partial charge on any atom is 0.309 e. The van der Waals surface area contributed by atoms with Gasteiger partial charge in [-0.3, -0.25) is 4.79 Å². The quantitative estimate of drug-likeness (QED) is 0.262. The minimum absolute atomic E-state index is 0.00467. The van der Waals surface area contributed by atoms with E-state index in [0.29, 0.717) is 34.6 Å². The van der Waals surface area contributed by atoms with Crippen LogP contribution in [-0.2, 0) is 9.53 Å². The molecule has 3 N–H and O–H groups in total. The van der Waals surface area contributed by atoms with Crippen LogP contribution < -0.4 is 5.32 Å². The number of hydrogen-bond acceptors (Lipinski definition) is 4. The van der Waals surface area contributed by atoms with E-state index in [1.165, 1.54) is 11.1 Å². The maximum atomic E-state index is 12.8. The molecule has 0 saturated heterocycles. The van der Waals surface area contributed by atoms with E-state index >= 15 is 0 Å². The van der Waals surface area contributed by atoms with E-state index in [1.54, 1.807) is 0 Å². The van der Waals surface area contributed by atoms with Gasteiger partial charge >= 0.3 is 5.97 Å². The maximum absolute atomic E-state index is 12.8. The normalized spacial score (nSPS) is 26.7. The number of halogens is 1. The zero-order valence-corrected chi connectivity index (χ0v) is 21.3. The standard InChI is InChI=1S/C29H29ClN4O2/c1-29(2,3)36-27(35)20-10-16-8-15(9-19-25(16)26(19)20)14-4-5-22-24(11-14)34-28(33-22)32-17-12-21(30)18-6-7-31-23(18)13-17/h4-7,9,11-13,16,19-20,25-26,31H,8,10H2,1-3H3,(H2,32,33,34)/t16?,19?,20?,25?,26-/m1/s1. The lowest BCUT2D eigenvalue weighted by molar-refractivity contribution is -0.160. The summed E-state index contributed by atoms with van der Waals surface area (Å²) >= 11 is 6.43. The number of nitrogens with zero attached hydrogens (tertiary/aromatic N) is 1. The van der Waals surface area contributed by atoms with E-state index in [2.05, 4.69) is 39.6 Å². The molecule has 2 fully saturated rings. The van der Waals surface area contributed by atoms with E-state index in [-0.39, 0.29) is 11.9 Å². The summed E-state index contributed by atoms with van der Waals surface area (Å²) in [6.07, 6.45) is 6.28. The first kappa shape index (κ1) is 22.0. The Bertz CT molecular complexity index is 1560. The number of carbonyl (C=O) groups is 1. The van der Waals surface area contributed by atoms with Crippen LogP contribution in [0.2, 0.25) is 5.02 Å². The Balaban J connectivity index is 1.11. The van der Waals surface area contributed by atoms with Gasteiger partial charge < -0.3 is 20.0 Å². The monoisotopic (exact) mass is 500 g/mol. The topological polar surface area (TPSA) is 82.8 Å². The molecule has 3 aliphatic carbocycles. The van der Waals surface area contributed by atoms with Crippen LogP contribution >= 0.6 is 11.6 Å². The first-order chi connectivity index (χ1) is 17.2. The van der Waals surface area contributed by atoms with Crippen molar-refractivity contribution in [2.45, 2.75) is 39.2 Å². The predicted octanol–water partition coefficient (Wildman–Crippen LogP) is 7.07. The molecule has 2 aromatic carbocycles. The first-order valence-corrected chi connectivity index (χ1v) is 13.1. The van der Waals surface area contributed by atoms with Crippen LogP contribution in [0.3, 0.4) is 0 Å². The molecule has 0 amide bonds. The fourth-order valence-corrected chi connectivity index (χ4v) is 6.94.